The molecule has 41 heavy (non-hydrogen) atoms. The summed E-state index contributed by atoms with van der Waals surface area (Å²) < 4.78 is 5.61. The molecule has 5 aromatic carbocycles. The molecule has 0 aliphatic carbocycles. The van der Waals surface area contributed by atoms with Gasteiger partial charge in [-0.15, -0.1) is 0 Å². The van der Waals surface area contributed by atoms with Crippen LogP contribution in [0.2, 0.25) is 0 Å². The minimum absolute atomic E-state index is 0.0475. The zero-order valence-corrected chi connectivity index (χ0v) is 24.1. The first-order valence-corrected chi connectivity index (χ1v) is 13.8. The molecule has 0 fully saturated rings. The van der Waals surface area contributed by atoms with Gasteiger partial charge in [-0.05, 0) is 120 Å². The van der Waals surface area contributed by atoms with Gasteiger partial charge in [0.2, 0.25) is 0 Å². The van der Waals surface area contributed by atoms with Crippen LogP contribution in [-0.2, 0) is 0 Å². The summed E-state index contributed by atoms with van der Waals surface area (Å²) in [5.74, 6) is 1.49. The Hall–Kier alpha value is -4.70. The van der Waals surface area contributed by atoms with Crippen LogP contribution >= 0.6 is 0 Å². The second-order valence-corrected chi connectivity index (χ2v) is 10.9. The highest BCUT2D eigenvalue weighted by Gasteiger charge is 2.24. The molecule has 0 heterocycles. The molecule has 0 saturated carbocycles. The SMILES string of the molecule is COc1cc(C)c(C(c2ccc(C(c3ccc(O)cc3)c3ccc(O)cc3)cc2)c2cc(C)c(O)cc2C)cc1C. The van der Waals surface area contributed by atoms with Gasteiger partial charge in [0.15, 0.2) is 0 Å². The maximum absolute atomic E-state index is 10.4. The van der Waals surface area contributed by atoms with Gasteiger partial charge in [0.25, 0.3) is 0 Å². The molecule has 3 N–H and O–H groups in total. The molecule has 0 radical (unpaired) electrons. The fourth-order valence-electron chi connectivity index (χ4n) is 5.80. The van der Waals surface area contributed by atoms with Gasteiger partial charge in [-0.1, -0.05) is 60.7 Å². The van der Waals surface area contributed by atoms with Gasteiger partial charge in [-0.3, -0.25) is 0 Å². The molecule has 5 rings (SSSR count). The number of aryl methyl sites for hydroxylation is 4. The normalized spacial score (nSPS) is 12.0. The third kappa shape index (κ3) is 5.64. The average Bonchev–Trinajstić information content (AvgIpc) is 2.96. The largest absolute Gasteiger partial charge is 0.508 e. The van der Waals surface area contributed by atoms with Crippen molar-refractivity contribution in [3.63, 3.8) is 0 Å². The summed E-state index contributed by atoms with van der Waals surface area (Å²) >= 11 is 0. The third-order valence-corrected chi connectivity index (χ3v) is 8.05. The Bertz CT molecular complexity index is 1620. The summed E-state index contributed by atoms with van der Waals surface area (Å²) in [6, 6.07) is 31.6. The van der Waals surface area contributed by atoms with Crippen molar-refractivity contribution in [2.45, 2.75) is 39.5 Å². The summed E-state index contributed by atoms with van der Waals surface area (Å²) in [5, 5.41) is 30.2. The van der Waals surface area contributed by atoms with E-state index in [1.54, 1.807) is 31.4 Å². The number of aromatic hydroxyl groups is 3. The van der Waals surface area contributed by atoms with E-state index in [4.69, 9.17) is 4.74 Å². The quantitative estimate of drug-likeness (QED) is 0.180. The van der Waals surface area contributed by atoms with E-state index in [2.05, 4.69) is 56.3 Å². The van der Waals surface area contributed by atoms with E-state index in [9.17, 15) is 15.3 Å². The molecule has 4 nitrogen and oxygen atoms in total. The Labute approximate surface area is 242 Å². The summed E-state index contributed by atoms with van der Waals surface area (Å²) in [6.45, 7) is 8.17. The van der Waals surface area contributed by atoms with E-state index >= 15 is 0 Å². The van der Waals surface area contributed by atoms with Crippen molar-refractivity contribution in [2.24, 2.45) is 0 Å². The Morgan fingerprint density at radius 1 is 0.463 bits per heavy atom. The molecule has 0 spiro atoms. The van der Waals surface area contributed by atoms with Crippen LogP contribution in [0.1, 0.15) is 67.5 Å². The summed E-state index contributed by atoms with van der Waals surface area (Å²) in [4.78, 5) is 0. The van der Waals surface area contributed by atoms with Gasteiger partial charge in [0, 0.05) is 11.8 Å². The number of phenolic OH excluding ortho intramolecular Hbond substituents is 3. The smallest absolute Gasteiger partial charge is 0.122 e. The summed E-state index contributed by atoms with van der Waals surface area (Å²) in [7, 11) is 1.70. The fourth-order valence-corrected chi connectivity index (χ4v) is 5.80. The number of benzene rings is 5. The zero-order chi connectivity index (χ0) is 29.3. The Morgan fingerprint density at radius 3 is 1.32 bits per heavy atom. The van der Waals surface area contributed by atoms with Crippen LogP contribution in [0.3, 0.4) is 0 Å². The van der Waals surface area contributed by atoms with E-state index in [-0.39, 0.29) is 23.3 Å². The minimum atomic E-state index is -0.0775. The van der Waals surface area contributed by atoms with Gasteiger partial charge >= 0.3 is 0 Å². The van der Waals surface area contributed by atoms with Crippen molar-refractivity contribution in [1.29, 1.82) is 0 Å². The minimum Gasteiger partial charge on any atom is -0.508 e. The maximum atomic E-state index is 10.4. The first-order chi connectivity index (χ1) is 19.7. The number of phenols is 3. The molecule has 0 aromatic heterocycles. The predicted molar refractivity (Wildman–Crippen MR) is 165 cm³/mol. The molecule has 1 unspecified atom stereocenters. The van der Waals surface area contributed by atoms with Crippen LogP contribution in [0.4, 0.5) is 0 Å². The van der Waals surface area contributed by atoms with Gasteiger partial charge in [-0.2, -0.15) is 0 Å². The van der Waals surface area contributed by atoms with Crippen LogP contribution in [-0.4, -0.2) is 22.4 Å². The van der Waals surface area contributed by atoms with E-state index in [1.165, 1.54) is 5.56 Å². The van der Waals surface area contributed by atoms with Crippen molar-refractivity contribution in [3.05, 3.63) is 153 Å². The van der Waals surface area contributed by atoms with E-state index in [0.717, 1.165) is 55.8 Å². The van der Waals surface area contributed by atoms with E-state index < -0.39 is 0 Å². The van der Waals surface area contributed by atoms with E-state index in [1.807, 2.05) is 44.2 Å². The van der Waals surface area contributed by atoms with Gasteiger partial charge in [-0.25, -0.2) is 0 Å². The van der Waals surface area contributed by atoms with Crippen LogP contribution in [0.15, 0.2) is 97.1 Å². The highest BCUT2D eigenvalue weighted by molar-refractivity contribution is 5.55. The molecule has 0 aliphatic heterocycles. The first-order valence-electron chi connectivity index (χ1n) is 13.8. The topological polar surface area (TPSA) is 69.9 Å². The second-order valence-electron chi connectivity index (χ2n) is 10.9. The van der Waals surface area contributed by atoms with Crippen molar-refractivity contribution in [2.75, 3.05) is 7.11 Å². The van der Waals surface area contributed by atoms with Crippen LogP contribution in [0.5, 0.6) is 23.0 Å². The second kappa shape index (κ2) is 11.4. The summed E-state index contributed by atoms with van der Waals surface area (Å²) in [6.07, 6.45) is 0. The van der Waals surface area contributed by atoms with Gasteiger partial charge < -0.3 is 20.1 Å². The lowest BCUT2D eigenvalue weighted by Crippen LogP contribution is -2.09. The number of ether oxygens (including phenoxy) is 1. The lowest BCUT2D eigenvalue weighted by molar-refractivity contribution is 0.411. The van der Waals surface area contributed by atoms with Crippen molar-refractivity contribution in [1.82, 2.24) is 0 Å². The zero-order valence-electron chi connectivity index (χ0n) is 24.1. The first kappa shape index (κ1) is 27.9. The monoisotopic (exact) mass is 544 g/mol. The molecule has 4 heteroatoms. The number of hydrogen-bond donors (Lipinski definition) is 3. The van der Waals surface area contributed by atoms with Gasteiger partial charge in [0.1, 0.15) is 23.0 Å². The van der Waals surface area contributed by atoms with Crippen LogP contribution < -0.4 is 4.74 Å². The number of methoxy groups -OCH3 is 1. The van der Waals surface area contributed by atoms with Gasteiger partial charge in [0.05, 0.1) is 7.11 Å². The highest BCUT2D eigenvalue weighted by Crippen LogP contribution is 2.41. The van der Waals surface area contributed by atoms with Crippen LogP contribution in [0.25, 0.3) is 0 Å². The fraction of sp³-hybridized carbons (Fsp3) is 0.189. The standard InChI is InChI=1S/C37H36O4/c1-22-20-34(40)24(3)18-32(22)37(33-19-25(4)35(41-5)21-23(33)2)29-8-6-26(7-9-29)36(27-10-14-30(38)15-11-27)28-12-16-31(39)17-13-28/h6-21,36-40H,1-5H3. The molecular formula is C37H36O4. The lowest BCUT2D eigenvalue weighted by Gasteiger charge is -2.26. The molecule has 0 amide bonds. The van der Waals surface area contributed by atoms with E-state index in [0.29, 0.717) is 5.75 Å². The molecule has 208 valence electrons. The number of rotatable bonds is 7. The molecule has 0 aliphatic rings. The molecule has 0 bridgehead atoms. The van der Waals surface area contributed by atoms with Crippen molar-refractivity contribution < 1.29 is 20.1 Å². The summed E-state index contributed by atoms with van der Waals surface area (Å²) in [5.41, 5.74) is 10.8. The molecule has 1 atom stereocenters. The lowest BCUT2D eigenvalue weighted by atomic mass is 9.78. The predicted octanol–water partition coefficient (Wildman–Crippen LogP) is 8.41. The maximum Gasteiger partial charge on any atom is 0.122 e. The average molecular weight is 545 g/mol. The molecule has 0 saturated heterocycles. The third-order valence-electron chi connectivity index (χ3n) is 8.05. The van der Waals surface area contributed by atoms with Crippen molar-refractivity contribution in [3.8, 4) is 23.0 Å². The molecule has 5 aromatic rings. The number of hydrogen-bond acceptors (Lipinski definition) is 4. The Balaban J connectivity index is 1.66. The Morgan fingerprint density at radius 2 is 0.854 bits per heavy atom. The van der Waals surface area contributed by atoms with Crippen LogP contribution in [0, 0.1) is 27.7 Å². The van der Waals surface area contributed by atoms with Crippen molar-refractivity contribution >= 4 is 0 Å². The highest BCUT2D eigenvalue weighted by atomic mass is 16.5. The molecular weight excluding hydrogens is 508 g/mol. The Kier molecular flexibility index (Phi) is 7.76.